The van der Waals surface area contributed by atoms with Crippen LogP contribution < -0.4 is 5.73 Å². The molecular formula is C16H31NO2. The molecule has 0 saturated heterocycles. The molecule has 3 atom stereocenters. The van der Waals surface area contributed by atoms with Gasteiger partial charge in [-0.3, -0.25) is 0 Å². The third kappa shape index (κ3) is 5.05. The summed E-state index contributed by atoms with van der Waals surface area (Å²) in [5, 5.41) is 10.0. The highest BCUT2D eigenvalue weighted by molar-refractivity contribution is 4.76. The largest absolute Gasteiger partial charge is 0.391 e. The number of ether oxygens (including phenoxy) is 1. The number of rotatable bonds is 7. The van der Waals surface area contributed by atoms with E-state index in [1.165, 1.54) is 51.4 Å². The molecular weight excluding hydrogens is 238 g/mol. The van der Waals surface area contributed by atoms with E-state index in [-0.39, 0.29) is 6.10 Å². The average Bonchev–Trinajstić information content (AvgIpc) is 2.92. The summed E-state index contributed by atoms with van der Waals surface area (Å²) in [5.74, 6) is 2.00. The second-order valence-electron chi connectivity index (χ2n) is 6.62. The Morgan fingerprint density at radius 1 is 1.00 bits per heavy atom. The summed E-state index contributed by atoms with van der Waals surface area (Å²) in [6.07, 6.45) is 11.1. The highest BCUT2D eigenvalue weighted by atomic mass is 16.5. The Morgan fingerprint density at radius 2 is 1.63 bits per heavy atom. The molecule has 2 rings (SSSR count). The van der Waals surface area contributed by atoms with Gasteiger partial charge in [0.1, 0.15) is 0 Å². The molecule has 0 aromatic rings. The van der Waals surface area contributed by atoms with E-state index in [2.05, 4.69) is 0 Å². The van der Waals surface area contributed by atoms with E-state index in [4.69, 9.17) is 10.5 Å². The van der Waals surface area contributed by atoms with Crippen molar-refractivity contribution in [2.75, 3.05) is 19.8 Å². The molecule has 3 heteroatoms. The molecule has 0 aliphatic heterocycles. The van der Waals surface area contributed by atoms with Crippen LogP contribution in [0.2, 0.25) is 0 Å². The van der Waals surface area contributed by atoms with Crippen molar-refractivity contribution in [1.82, 2.24) is 0 Å². The molecule has 2 saturated carbocycles. The molecule has 0 aromatic carbocycles. The van der Waals surface area contributed by atoms with Gasteiger partial charge in [0.2, 0.25) is 0 Å². The normalized spacial score (nSPS) is 30.6. The zero-order valence-corrected chi connectivity index (χ0v) is 12.2. The van der Waals surface area contributed by atoms with Crippen molar-refractivity contribution < 1.29 is 9.84 Å². The van der Waals surface area contributed by atoms with Gasteiger partial charge in [0.15, 0.2) is 0 Å². The van der Waals surface area contributed by atoms with E-state index in [9.17, 15) is 5.11 Å². The molecule has 0 radical (unpaired) electrons. The van der Waals surface area contributed by atoms with Crippen LogP contribution in [-0.2, 0) is 4.74 Å². The van der Waals surface area contributed by atoms with Crippen LogP contribution in [0, 0.1) is 17.8 Å². The molecule has 0 aromatic heterocycles. The van der Waals surface area contributed by atoms with Crippen LogP contribution in [0.25, 0.3) is 0 Å². The molecule has 2 aliphatic carbocycles. The zero-order valence-electron chi connectivity index (χ0n) is 12.2. The fraction of sp³-hybridized carbons (Fsp3) is 1.00. The number of aliphatic hydroxyl groups is 1. The van der Waals surface area contributed by atoms with E-state index < -0.39 is 0 Å². The van der Waals surface area contributed by atoms with Crippen LogP contribution in [0.15, 0.2) is 0 Å². The van der Waals surface area contributed by atoms with Crippen LogP contribution in [0.5, 0.6) is 0 Å². The SMILES string of the molecule is NCC1CCCCC1COCC(O)CC1CCCC1. The minimum absolute atomic E-state index is 0.261. The summed E-state index contributed by atoms with van der Waals surface area (Å²) in [4.78, 5) is 0. The zero-order chi connectivity index (χ0) is 13.5. The maximum Gasteiger partial charge on any atom is 0.0776 e. The third-order valence-electron chi connectivity index (χ3n) is 5.09. The third-order valence-corrected chi connectivity index (χ3v) is 5.09. The standard InChI is InChI=1S/C16H31NO2/c17-10-14-7-3-4-8-15(14)11-19-12-16(18)9-13-5-1-2-6-13/h13-16,18H,1-12,17H2. The Bertz CT molecular complexity index is 241. The van der Waals surface area contributed by atoms with E-state index >= 15 is 0 Å². The van der Waals surface area contributed by atoms with Gasteiger partial charge in [-0.1, -0.05) is 38.5 Å². The molecule has 0 heterocycles. The second-order valence-corrected chi connectivity index (χ2v) is 6.62. The fourth-order valence-electron chi connectivity index (χ4n) is 3.87. The fourth-order valence-corrected chi connectivity index (χ4v) is 3.87. The molecule has 3 N–H and O–H groups in total. The van der Waals surface area contributed by atoms with Crippen molar-refractivity contribution in [1.29, 1.82) is 0 Å². The van der Waals surface area contributed by atoms with Crippen molar-refractivity contribution in [3.8, 4) is 0 Å². The van der Waals surface area contributed by atoms with Crippen LogP contribution in [0.4, 0.5) is 0 Å². The molecule has 2 aliphatic rings. The first kappa shape index (κ1) is 15.3. The van der Waals surface area contributed by atoms with Crippen LogP contribution in [0.1, 0.15) is 57.8 Å². The molecule has 19 heavy (non-hydrogen) atoms. The van der Waals surface area contributed by atoms with Crippen LogP contribution in [0.3, 0.4) is 0 Å². The smallest absolute Gasteiger partial charge is 0.0776 e. The van der Waals surface area contributed by atoms with Gasteiger partial charge >= 0.3 is 0 Å². The average molecular weight is 269 g/mol. The van der Waals surface area contributed by atoms with E-state index in [1.807, 2.05) is 0 Å². The quantitative estimate of drug-likeness (QED) is 0.747. The van der Waals surface area contributed by atoms with Gasteiger partial charge in [-0.05, 0) is 43.6 Å². The lowest BCUT2D eigenvalue weighted by Gasteiger charge is -2.30. The topological polar surface area (TPSA) is 55.5 Å². The van der Waals surface area contributed by atoms with E-state index in [1.54, 1.807) is 0 Å². The van der Waals surface area contributed by atoms with Crippen molar-refractivity contribution in [3.05, 3.63) is 0 Å². The predicted octanol–water partition coefficient (Wildman–Crippen LogP) is 2.71. The van der Waals surface area contributed by atoms with Crippen LogP contribution >= 0.6 is 0 Å². The maximum atomic E-state index is 10.0. The minimum atomic E-state index is -0.261. The molecule has 3 unspecified atom stereocenters. The first-order valence-corrected chi connectivity index (χ1v) is 8.25. The lowest BCUT2D eigenvalue weighted by atomic mass is 9.80. The Hall–Kier alpha value is -0.120. The minimum Gasteiger partial charge on any atom is -0.391 e. The van der Waals surface area contributed by atoms with Gasteiger partial charge in [0.25, 0.3) is 0 Å². The monoisotopic (exact) mass is 269 g/mol. The lowest BCUT2D eigenvalue weighted by molar-refractivity contribution is -0.00350. The summed E-state index contributed by atoms with van der Waals surface area (Å²) in [6.45, 7) is 2.10. The Morgan fingerprint density at radius 3 is 2.32 bits per heavy atom. The van der Waals surface area contributed by atoms with Gasteiger partial charge in [-0.2, -0.15) is 0 Å². The summed E-state index contributed by atoms with van der Waals surface area (Å²) < 4.78 is 5.77. The maximum absolute atomic E-state index is 10.0. The predicted molar refractivity (Wildman–Crippen MR) is 77.9 cm³/mol. The summed E-state index contributed by atoms with van der Waals surface area (Å²) in [5.41, 5.74) is 5.83. The lowest BCUT2D eigenvalue weighted by Crippen LogP contribution is -2.31. The van der Waals surface area contributed by atoms with Crippen molar-refractivity contribution in [3.63, 3.8) is 0 Å². The Balaban J connectivity index is 1.59. The molecule has 2 fully saturated rings. The summed E-state index contributed by atoms with van der Waals surface area (Å²) >= 11 is 0. The first-order chi connectivity index (χ1) is 9.29. The number of nitrogens with two attached hydrogens (primary N) is 1. The van der Waals surface area contributed by atoms with E-state index in [0.29, 0.717) is 18.4 Å². The first-order valence-electron chi connectivity index (χ1n) is 8.25. The number of hydrogen-bond acceptors (Lipinski definition) is 3. The molecule has 3 nitrogen and oxygen atoms in total. The molecule has 0 bridgehead atoms. The van der Waals surface area contributed by atoms with E-state index in [0.717, 1.165) is 25.5 Å². The van der Waals surface area contributed by atoms with Gasteiger partial charge in [-0.15, -0.1) is 0 Å². The van der Waals surface area contributed by atoms with Gasteiger partial charge < -0.3 is 15.6 Å². The number of hydrogen-bond donors (Lipinski definition) is 2. The van der Waals surface area contributed by atoms with Crippen LogP contribution in [-0.4, -0.2) is 31.0 Å². The van der Waals surface area contributed by atoms with Crippen molar-refractivity contribution in [2.45, 2.75) is 63.9 Å². The highest BCUT2D eigenvalue weighted by Crippen LogP contribution is 2.30. The second kappa shape index (κ2) is 8.23. The molecule has 0 spiro atoms. The summed E-state index contributed by atoms with van der Waals surface area (Å²) in [7, 11) is 0. The van der Waals surface area contributed by atoms with Crippen molar-refractivity contribution in [2.24, 2.45) is 23.5 Å². The van der Waals surface area contributed by atoms with Crippen molar-refractivity contribution >= 4 is 0 Å². The van der Waals surface area contributed by atoms with Gasteiger partial charge in [0.05, 0.1) is 12.7 Å². The summed E-state index contributed by atoms with van der Waals surface area (Å²) in [6, 6.07) is 0. The highest BCUT2D eigenvalue weighted by Gasteiger charge is 2.24. The molecule has 112 valence electrons. The Kier molecular flexibility index (Phi) is 6.62. The van der Waals surface area contributed by atoms with Gasteiger partial charge in [0, 0.05) is 6.61 Å². The van der Waals surface area contributed by atoms with Gasteiger partial charge in [-0.25, -0.2) is 0 Å². The Labute approximate surface area is 117 Å². The number of aliphatic hydroxyl groups excluding tert-OH is 1. The molecule has 0 amide bonds.